The Labute approximate surface area is 180 Å². The van der Waals surface area contributed by atoms with Gasteiger partial charge < -0.3 is 19.5 Å². The molecular weight excluding hydrogens is 386 g/mol. The van der Waals surface area contributed by atoms with Crippen molar-refractivity contribution in [3.8, 4) is 5.75 Å². The van der Waals surface area contributed by atoms with Gasteiger partial charge in [0.1, 0.15) is 11.9 Å². The van der Waals surface area contributed by atoms with Crippen molar-refractivity contribution < 1.29 is 9.53 Å². The van der Waals surface area contributed by atoms with Gasteiger partial charge in [0.05, 0.1) is 24.1 Å². The molecule has 0 spiro atoms. The van der Waals surface area contributed by atoms with E-state index in [1.807, 2.05) is 35.2 Å². The van der Waals surface area contributed by atoms with E-state index in [0.717, 1.165) is 40.2 Å². The maximum Gasteiger partial charge on any atom is 0.257 e. The smallest absolute Gasteiger partial charge is 0.257 e. The van der Waals surface area contributed by atoms with E-state index in [4.69, 9.17) is 4.74 Å². The van der Waals surface area contributed by atoms with E-state index in [9.17, 15) is 4.79 Å². The molecule has 1 N–H and O–H groups in total. The van der Waals surface area contributed by atoms with Gasteiger partial charge in [-0.25, -0.2) is 0 Å². The van der Waals surface area contributed by atoms with Gasteiger partial charge in [0.15, 0.2) is 0 Å². The van der Waals surface area contributed by atoms with E-state index >= 15 is 0 Å². The first-order valence-electron chi connectivity index (χ1n) is 10.6. The fraction of sp³-hybridized carbons (Fsp3) is 0.192. The second kappa shape index (κ2) is 6.91. The quantitative estimate of drug-likeness (QED) is 0.524. The Hall–Kier alpha value is -3.73. The number of methoxy groups -OCH3 is 1. The van der Waals surface area contributed by atoms with Gasteiger partial charge >= 0.3 is 0 Å². The van der Waals surface area contributed by atoms with Crippen LogP contribution in [0.4, 0.5) is 5.69 Å². The first-order valence-corrected chi connectivity index (χ1v) is 10.6. The van der Waals surface area contributed by atoms with Crippen LogP contribution in [0.2, 0.25) is 0 Å². The van der Waals surface area contributed by atoms with Crippen LogP contribution in [0.5, 0.6) is 5.75 Å². The molecule has 31 heavy (non-hydrogen) atoms. The van der Waals surface area contributed by atoms with E-state index in [1.54, 1.807) is 7.11 Å². The number of aromatic nitrogens is 1. The average molecular weight is 409 g/mol. The molecule has 0 saturated heterocycles. The lowest BCUT2D eigenvalue weighted by atomic mass is 9.95. The number of para-hydroxylation sites is 2. The molecule has 154 valence electrons. The highest BCUT2D eigenvalue weighted by atomic mass is 16.5. The molecule has 3 aromatic carbocycles. The van der Waals surface area contributed by atoms with Crippen molar-refractivity contribution in [2.45, 2.75) is 19.1 Å². The largest absolute Gasteiger partial charge is 0.497 e. The van der Waals surface area contributed by atoms with E-state index in [0.29, 0.717) is 13.1 Å². The first-order chi connectivity index (χ1) is 15.2. The van der Waals surface area contributed by atoms with Gasteiger partial charge in [0.25, 0.3) is 5.91 Å². The molecule has 0 saturated carbocycles. The number of hydrogen-bond acceptors (Lipinski definition) is 3. The third-order valence-electron chi connectivity index (χ3n) is 6.49. The molecule has 1 unspecified atom stereocenters. The number of fused-ring (bicyclic) bond motifs is 6. The van der Waals surface area contributed by atoms with Crippen LogP contribution in [-0.4, -0.2) is 29.4 Å². The standard InChI is InChI=1S/C26H23N3O2/c1-31-18-8-6-7-17(15-18)16-29-23-12-5-3-10-21(23)26(30)28-14-13-20-19-9-2-4-11-22(19)27-24(20)25(28)29/h2-12,15,25,27H,13-14,16H2,1H3. The summed E-state index contributed by atoms with van der Waals surface area (Å²) in [6.07, 6.45) is 0.696. The van der Waals surface area contributed by atoms with Crippen molar-refractivity contribution >= 4 is 22.5 Å². The number of hydrogen-bond donors (Lipinski definition) is 1. The Balaban J connectivity index is 1.53. The summed E-state index contributed by atoms with van der Waals surface area (Å²) in [6.45, 7) is 1.39. The van der Waals surface area contributed by atoms with E-state index in [1.165, 1.54) is 10.9 Å². The fourth-order valence-electron chi connectivity index (χ4n) is 5.09. The molecule has 2 aliphatic rings. The monoisotopic (exact) mass is 409 g/mol. The molecule has 1 atom stereocenters. The van der Waals surface area contributed by atoms with Crippen molar-refractivity contribution in [3.05, 3.63) is 95.2 Å². The van der Waals surface area contributed by atoms with Crippen LogP contribution in [-0.2, 0) is 13.0 Å². The number of aromatic amines is 1. The minimum Gasteiger partial charge on any atom is -0.497 e. The summed E-state index contributed by atoms with van der Waals surface area (Å²) in [6, 6.07) is 24.5. The molecule has 3 heterocycles. The normalized spacial score (nSPS) is 17.3. The summed E-state index contributed by atoms with van der Waals surface area (Å²) in [5.41, 5.74) is 6.45. The second-order valence-electron chi connectivity index (χ2n) is 8.18. The summed E-state index contributed by atoms with van der Waals surface area (Å²) < 4.78 is 5.44. The van der Waals surface area contributed by atoms with Gasteiger partial charge in [0.2, 0.25) is 0 Å². The molecule has 1 amide bonds. The number of H-pyrrole nitrogens is 1. The van der Waals surface area contributed by atoms with E-state index in [2.05, 4.69) is 52.3 Å². The molecule has 5 nitrogen and oxygen atoms in total. The lowest BCUT2D eigenvalue weighted by molar-refractivity contribution is 0.0625. The number of rotatable bonds is 3. The van der Waals surface area contributed by atoms with Gasteiger partial charge in [-0.2, -0.15) is 0 Å². The zero-order valence-electron chi connectivity index (χ0n) is 17.3. The lowest BCUT2D eigenvalue weighted by Crippen LogP contribution is -2.52. The molecule has 6 rings (SSSR count). The van der Waals surface area contributed by atoms with Gasteiger partial charge in [-0.3, -0.25) is 4.79 Å². The lowest BCUT2D eigenvalue weighted by Gasteiger charge is -2.47. The van der Waals surface area contributed by atoms with E-state index < -0.39 is 0 Å². The van der Waals surface area contributed by atoms with Gasteiger partial charge in [-0.05, 0) is 47.9 Å². The number of carbonyl (C=O) groups is 1. The Morgan fingerprint density at radius 2 is 1.87 bits per heavy atom. The first kappa shape index (κ1) is 18.1. The van der Waals surface area contributed by atoms with Gasteiger partial charge in [-0.15, -0.1) is 0 Å². The number of ether oxygens (including phenoxy) is 1. The van der Waals surface area contributed by atoms with Crippen molar-refractivity contribution in [2.75, 3.05) is 18.6 Å². The van der Waals surface area contributed by atoms with Crippen LogP contribution >= 0.6 is 0 Å². The number of nitrogens with zero attached hydrogens (tertiary/aromatic N) is 2. The predicted octanol–water partition coefficient (Wildman–Crippen LogP) is 4.89. The summed E-state index contributed by atoms with van der Waals surface area (Å²) in [7, 11) is 1.69. The molecular formula is C26H23N3O2. The highest BCUT2D eigenvalue weighted by Crippen LogP contribution is 2.44. The fourth-order valence-corrected chi connectivity index (χ4v) is 5.09. The van der Waals surface area contributed by atoms with Gasteiger partial charge in [-0.1, -0.05) is 42.5 Å². The highest BCUT2D eigenvalue weighted by Gasteiger charge is 2.42. The highest BCUT2D eigenvalue weighted by molar-refractivity contribution is 6.02. The summed E-state index contributed by atoms with van der Waals surface area (Å²) in [4.78, 5) is 21.4. The zero-order valence-corrected chi connectivity index (χ0v) is 17.3. The molecule has 1 aromatic heterocycles. The molecule has 0 radical (unpaired) electrons. The van der Waals surface area contributed by atoms with Gasteiger partial charge in [0, 0.05) is 24.0 Å². The minimum absolute atomic E-state index is 0.104. The number of benzene rings is 3. The van der Waals surface area contributed by atoms with Crippen LogP contribution in [0.1, 0.15) is 33.3 Å². The Morgan fingerprint density at radius 1 is 1.03 bits per heavy atom. The summed E-state index contributed by atoms with van der Waals surface area (Å²) in [5.74, 6) is 0.942. The summed E-state index contributed by atoms with van der Waals surface area (Å²) in [5, 5.41) is 1.25. The number of amides is 1. The molecule has 2 aliphatic heterocycles. The molecule has 4 aromatic rings. The van der Waals surface area contributed by atoms with Crippen LogP contribution < -0.4 is 9.64 Å². The van der Waals surface area contributed by atoms with Crippen LogP contribution in [0, 0.1) is 0 Å². The third kappa shape index (κ3) is 2.73. The van der Waals surface area contributed by atoms with Crippen molar-refractivity contribution in [1.82, 2.24) is 9.88 Å². The third-order valence-corrected chi connectivity index (χ3v) is 6.49. The topological polar surface area (TPSA) is 48.6 Å². The Kier molecular flexibility index (Phi) is 4.03. The Morgan fingerprint density at radius 3 is 2.77 bits per heavy atom. The summed E-state index contributed by atoms with van der Waals surface area (Å²) >= 11 is 0. The minimum atomic E-state index is -0.162. The second-order valence-corrected chi connectivity index (χ2v) is 8.18. The van der Waals surface area contributed by atoms with E-state index in [-0.39, 0.29) is 12.1 Å². The SMILES string of the molecule is COc1cccc(CN2c3ccccc3C(=O)N3CCc4c([nH]c5ccccc45)C32)c1. The number of anilines is 1. The van der Waals surface area contributed by atoms with Crippen molar-refractivity contribution in [1.29, 1.82) is 0 Å². The molecule has 5 heteroatoms. The van der Waals surface area contributed by atoms with Crippen LogP contribution in [0.25, 0.3) is 10.9 Å². The maximum atomic E-state index is 13.4. The molecule has 0 fully saturated rings. The number of nitrogens with one attached hydrogen (secondary N) is 1. The van der Waals surface area contributed by atoms with Crippen LogP contribution in [0.15, 0.2) is 72.8 Å². The molecule has 0 bridgehead atoms. The maximum absolute atomic E-state index is 13.4. The molecule has 0 aliphatic carbocycles. The number of carbonyl (C=O) groups excluding carboxylic acids is 1. The zero-order chi connectivity index (χ0) is 20.9. The van der Waals surface area contributed by atoms with Crippen molar-refractivity contribution in [3.63, 3.8) is 0 Å². The van der Waals surface area contributed by atoms with Crippen molar-refractivity contribution in [2.24, 2.45) is 0 Å². The average Bonchev–Trinajstić information content (AvgIpc) is 3.20. The predicted molar refractivity (Wildman–Crippen MR) is 121 cm³/mol. The Bertz CT molecular complexity index is 1310. The van der Waals surface area contributed by atoms with Crippen LogP contribution in [0.3, 0.4) is 0 Å².